The molecule has 0 spiro atoms. The molecule has 1 aromatic heterocycles. The summed E-state index contributed by atoms with van der Waals surface area (Å²) in [7, 11) is 0. The molecule has 0 aliphatic carbocycles. The fraction of sp³-hybridized carbons (Fsp3) is 0.571. The van der Waals surface area contributed by atoms with Crippen LogP contribution in [0.5, 0.6) is 5.75 Å². The lowest BCUT2D eigenvalue weighted by Gasteiger charge is -2.23. The molecule has 19 heavy (non-hydrogen) atoms. The van der Waals surface area contributed by atoms with Gasteiger partial charge in [0.2, 0.25) is 5.91 Å². The van der Waals surface area contributed by atoms with Crippen molar-refractivity contribution >= 4 is 5.91 Å². The minimum Gasteiger partial charge on any atom is -0.487 e. The van der Waals surface area contributed by atoms with Gasteiger partial charge in [-0.2, -0.15) is 0 Å². The van der Waals surface area contributed by atoms with Crippen molar-refractivity contribution in [1.29, 1.82) is 0 Å². The summed E-state index contributed by atoms with van der Waals surface area (Å²) < 4.78 is 5.80. The van der Waals surface area contributed by atoms with Crippen LogP contribution in [0.4, 0.5) is 0 Å². The first-order chi connectivity index (χ1) is 9.08. The summed E-state index contributed by atoms with van der Waals surface area (Å²) in [6.07, 6.45) is 4.27. The van der Waals surface area contributed by atoms with E-state index < -0.39 is 6.04 Å². The van der Waals surface area contributed by atoms with E-state index >= 15 is 0 Å². The number of nitrogens with two attached hydrogens (primary N) is 1. The number of carbonyl (C=O) groups is 1. The number of nitrogens with zero attached hydrogens (tertiary/aromatic N) is 2. The summed E-state index contributed by atoms with van der Waals surface area (Å²) in [4.78, 5) is 17.9. The van der Waals surface area contributed by atoms with Crippen molar-refractivity contribution in [3.8, 4) is 5.75 Å². The average molecular weight is 263 g/mol. The van der Waals surface area contributed by atoms with Gasteiger partial charge in [-0.25, -0.2) is 0 Å². The van der Waals surface area contributed by atoms with Crippen LogP contribution in [0.15, 0.2) is 24.5 Å². The average Bonchev–Trinajstić information content (AvgIpc) is 2.86. The van der Waals surface area contributed by atoms with E-state index in [0.717, 1.165) is 12.2 Å². The normalized spacial score (nSPS) is 20.6. The standard InChI is InChI=1S/C14H21N3O2/c1-10(2)13(15)14(18)17-7-5-12(9-17)19-11-4-3-6-16-8-11/h3-4,6,8,10,12-13H,5,7,9,15H2,1-2H3/t12?,13-/m0/s1. The predicted octanol–water partition coefficient (Wildman–Crippen LogP) is 1.04. The largest absolute Gasteiger partial charge is 0.487 e. The van der Waals surface area contributed by atoms with Gasteiger partial charge in [0.15, 0.2) is 0 Å². The van der Waals surface area contributed by atoms with E-state index in [2.05, 4.69) is 4.98 Å². The zero-order chi connectivity index (χ0) is 13.8. The number of hydrogen-bond donors (Lipinski definition) is 1. The Labute approximate surface area is 113 Å². The molecule has 2 rings (SSSR count). The number of amides is 1. The fourth-order valence-electron chi connectivity index (χ4n) is 2.13. The van der Waals surface area contributed by atoms with Gasteiger partial charge in [0.25, 0.3) is 0 Å². The second-order valence-electron chi connectivity index (χ2n) is 5.27. The zero-order valence-electron chi connectivity index (χ0n) is 11.5. The van der Waals surface area contributed by atoms with Crippen LogP contribution in [0, 0.1) is 5.92 Å². The molecule has 1 amide bonds. The number of pyridine rings is 1. The van der Waals surface area contributed by atoms with Crippen LogP contribution in [0.25, 0.3) is 0 Å². The highest BCUT2D eigenvalue weighted by molar-refractivity contribution is 5.82. The van der Waals surface area contributed by atoms with Crippen molar-refractivity contribution in [3.05, 3.63) is 24.5 Å². The second kappa shape index (κ2) is 6.02. The number of ether oxygens (including phenoxy) is 1. The lowest BCUT2D eigenvalue weighted by atomic mass is 10.0. The number of aromatic nitrogens is 1. The Morgan fingerprint density at radius 1 is 1.58 bits per heavy atom. The third kappa shape index (κ3) is 3.44. The maximum atomic E-state index is 12.1. The molecule has 5 nitrogen and oxygen atoms in total. The molecule has 2 N–H and O–H groups in total. The van der Waals surface area contributed by atoms with Crippen molar-refractivity contribution in [2.24, 2.45) is 11.7 Å². The maximum absolute atomic E-state index is 12.1. The highest BCUT2D eigenvalue weighted by Crippen LogP contribution is 2.18. The molecule has 0 aromatic carbocycles. The van der Waals surface area contributed by atoms with Crippen LogP contribution < -0.4 is 10.5 Å². The molecule has 1 fully saturated rings. The quantitative estimate of drug-likeness (QED) is 0.881. The third-order valence-corrected chi connectivity index (χ3v) is 3.40. The van der Waals surface area contributed by atoms with Gasteiger partial charge in [0.05, 0.1) is 18.8 Å². The van der Waals surface area contributed by atoms with Crippen molar-refractivity contribution in [1.82, 2.24) is 9.88 Å². The second-order valence-corrected chi connectivity index (χ2v) is 5.27. The molecule has 2 atom stereocenters. The van der Waals surface area contributed by atoms with Crippen LogP contribution in [-0.2, 0) is 4.79 Å². The summed E-state index contributed by atoms with van der Waals surface area (Å²) in [5.41, 5.74) is 5.90. The molecule has 2 heterocycles. The van der Waals surface area contributed by atoms with Gasteiger partial charge >= 0.3 is 0 Å². The molecule has 0 bridgehead atoms. The fourth-order valence-corrected chi connectivity index (χ4v) is 2.13. The van der Waals surface area contributed by atoms with Crippen molar-refractivity contribution in [2.45, 2.75) is 32.4 Å². The molecule has 1 aromatic rings. The molecule has 1 saturated heterocycles. The van der Waals surface area contributed by atoms with Gasteiger partial charge in [-0.15, -0.1) is 0 Å². The van der Waals surface area contributed by atoms with Gasteiger partial charge in [-0.3, -0.25) is 9.78 Å². The van der Waals surface area contributed by atoms with E-state index in [9.17, 15) is 4.79 Å². The zero-order valence-corrected chi connectivity index (χ0v) is 11.5. The topological polar surface area (TPSA) is 68.5 Å². The first-order valence-corrected chi connectivity index (χ1v) is 6.69. The number of rotatable bonds is 4. The highest BCUT2D eigenvalue weighted by Gasteiger charge is 2.31. The lowest BCUT2D eigenvalue weighted by molar-refractivity contribution is -0.132. The minimum atomic E-state index is -0.419. The van der Waals surface area contributed by atoms with Gasteiger partial charge < -0.3 is 15.4 Å². The molecule has 1 aliphatic rings. The smallest absolute Gasteiger partial charge is 0.239 e. The van der Waals surface area contributed by atoms with E-state index in [0.29, 0.717) is 13.1 Å². The van der Waals surface area contributed by atoms with E-state index in [-0.39, 0.29) is 17.9 Å². The van der Waals surface area contributed by atoms with Crippen LogP contribution >= 0.6 is 0 Å². The maximum Gasteiger partial charge on any atom is 0.239 e. The number of carbonyl (C=O) groups excluding carboxylic acids is 1. The highest BCUT2D eigenvalue weighted by atomic mass is 16.5. The minimum absolute atomic E-state index is 0.0206. The Bertz CT molecular complexity index is 422. The van der Waals surface area contributed by atoms with Gasteiger partial charge in [0, 0.05) is 19.2 Å². The van der Waals surface area contributed by atoms with Crippen LogP contribution in [0.2, 0.25) is 0 Å². The molecule has 1 aliphatic heterocycles. The molecule has 1 unspecified atom stereocenters. The van der Waals surface area contributed by atoms with Crippen molar-refractivity contribution in [2.75, 3.05) is 13.1 Å². The van der Waals surface area contributed by atoms with E-state index in [1.165, 1.54) is 0 Å². The van der Waals surface area contributed by atoms with Crippen molar-refractivity contribution < 1.29 is 9.53 Å². The molecule has 104 valence electrons. The monoisotopic (exact) mass is 263 g/mol. The Morgan fingerprint density at radius 2 is 2.37 bits per heavy atom. The van der Waals surface area contributed by atoms with E-state index in [1.807, 2.05) is 26.0 Å². The third-order valence-electron chi connectivity index (χ3n) is 3.40. The van der Waals surface area contributed by atoms with Crippen LogP contribution in [-0.4, -0.2) is 41.0 Å². The summed E-state index contributed by atoms with van der Waals surface area (Å²) in [6.45, 7) is 5.24. The van der Waals surface area contributed by atoms with Gasteiger partial charge in [-0.1, -0.05) is 13.8 Å². The Hall–Kier alpha value is -1.62. The number of likely N-dealkylation sites (tertiary alicyclic amines) is 1. The molecular formula is C14H21N3O2. The van der Waals surface area contributed by atoms with Crippen LogP contribution in [0.1, 0.15) is 20.3 Å². The molecule has 0 saturated carbocycles. The summed E-state index contributed by atoms with van der Waals surface area (Å²) in [6, 6.07) is 3.29. The lowest BCUT2D eigenvalue weighted by Crippen LogP contribution is -2.46. The molecule has 5 heteroatoms. The number of hydrogen-bond acceptors (Lipinski definition) is 4. The summed E-state index contributed by atoms with van der Waals surface area (Å²) in [5, 5.41) is 0. The summed E-state index contributed by atoms with van der Waals surface area (Å²) >= 11 is 0. The Kier molecular flexibility index (Phi) is 4.37. The Balaban J connectivity index is 1.88. The van der Waals surface area contributed by atoms with E-state index in [4.69, 9.17) is 10.5 Å². The SMILES string of the molecule is CC(C)[C@H](N)C(=O)N1CCC(Oc2cccnc2)C1. The van der Waals surface area contributed by atoms with Crippen LogP contribution in [0.3, 0.4) is 0 Å². The van der Waals surface area contributed by atoms with Gasteiger partial charge in [-0.05, 0) is 18.1 Å². The predicted molar refractivity (Wildman–Crippen MR) is 72.7 cm³/mol. The molecular weight excluding hydrogens is 242 g/mol. The summed E-state index contributed by atoms with van der Waals surface area (Å²) in [5.74, 6) is 0.924. The Morgan fingerprint density at radius 3 is 3.00 bits per heavy atom. The first-order valence-electron chi connectivity index (χ1n) is 6.69. The van der Waals surface area contributed by atoms with Crippen molar-refractivity contribution in [3.63, 3.8) is 0 Å². The first kappa shape index (κ1) is 13.8. The van der Waals surface area contributed by atoms with E-state index in [1.54, 1.807) is 17.3 Å². The van der Waals surface area contributed by atoms with Gasteiger partial charge in [0.1, 0.15) is 11.9 Å². The molecule has 0 radical (unpaired) electrons.